The van der Waals surface area contributed by atoms with Gasteiger partial charge in [-0.2, -0.15) is 11.3 Å². The number of benzene rings is 1. The molecule has 0 saturated carbocycles. The minimum absolute atomic E-state index is 0.00404. The standard InChI is InChI=1S/C20H23F2N3O2S/c21-16-6-5-15(11-17(16)22)24-20(27)19(26)23-12-18(14-7-10-28-13-14)25-8-3-1-2-4-9-25/h5-7,10-11,13,18H,1-4,8-9,12H2,(H,23,26)(H,24,27)/t18-/m0/s1. The van der Waals surface area contributed by atoms with E-state index in [4.69, 9.17) is 0 Å². The van der Waals surface area contributed by atoms with E-state index in [0.29, 0.717) is 6.54 Å². The highest BCUT2D eigenvalue weighted by Crippen LogP contribution is 2.25. The second kappa shape index (κ2) is 9.75. The van der Waals surface area contributed by atoms with Crippen LogP contribution in [0.15, 0.2) is 35.0 Å². The van der Waals surface area contributed by atoms with Crippen LogP contribution in [0.2, 0.25) is 0 Å². The molecular weight excluding hydrogens is 384 g/mol. The maximum absolute atomic E-state index is 13.2. The Morgan fingerprint density at radius 2 is 1.79 bits per heavy atom. The molecule has 0 spiro atoms. The molecule has 8 heteroatoms. The number of anilines is 1. The van der Waals surface area contributed by atoms with Gasteiger partial charge >= 0.3 is 11.8 Å². The molecule has 5 nitrogen and oxygen atoms in total. The van der Waals surface area contributed by atoms with Gasteiger partial charge in [-0.3, -0.25) is 14.5 Å². The van der Waals surface area contributed by atoms with Gasteiger partial charge < -0.3 is 10.6 Å². The number of amides is 2. The number of thiophene rings is 1. The van der Waals surface area contributed by atoms with Crippen molar-refractivity contribution in [3.63, 3.8) is 0 Å². The van der Waals surface area contributed by atoms with Crippen molar-refractivity contribution >= 4 is 28.8 Å². The Morgan fingerprint density at radius 3 is 2.43 bits per heavy atom. The maximum Gasteiger partial charge on any atom is 0.313 e. The van der Waals surface area contributed by atoms with Gasteiger partial charge in [-0.05, 0) is 60.5 Å². The Kier molecular flexibility index (Phi) is 7.11. The molecule has 2 amide bonds. The van der Waals surface area contributed by atoms with Crippen LogP contribution in [0.3, 0.4) is 0 Å². The van der Waals surface area contributed by atoms with Crippen molar-refractivity contribution in [1.82, 2.24) is 10.2 Å². The molecule has 1 aromatic carbocycles. The molecule has 150 valence electrons. The van der Waals surface area contributed by atoms with Crippen LogP contribution in [0.5, 0.6) is 0 Å². The summed E-state index contributed by atoms with van der Waals surface area (Å²) in [6.07, 6.45) is 4.64. The molecule has 0 aliphatic carbocycles. The molecule has 1 fully saturated rings. The van der Waals surface area contributed by atoms with Gasteiger partial charge in [0.25, 0.3) is 0 Å². The van der Waals surface area contributed by atoms with E-state index in [2.05, 4.69) is 20.9 Å². The lowest BCUT2D eigenvalue weighted by Gasteiger charge is -2.30. The van der Waals surface area contributed by atoms with Crippen LogP contribution in [0.1, 0.15) is 37.3 Å². The van der Waals surface area contributed by atoms with Crippen LogP contribution in [0.25, 0.3) is 0 Å². The van der Waals surface area contributed by atoms with Crippen molar-refractivity contribution in [2.45, 2.75) is 31.7 Å². The van der Waals surface area contributed by atoms with Crippen LogP contribution in [0.4, 0.5) is 14.5 Å². The summed E-state index contributed by atoms with van der Waals surface area (Å²) in [6.45, 7) is 2.22. The Bertz CT molecular complexity index is 806. The predicted molar refractivity (Wildman–Crippen MR) is 105 cm³/mol. The van der Waals surface area contributed by atoms with E-state index in [1.54, 1.807) is 11.3 Å². The summed E-state index contributed by atoms with van der Waals surface area (Å²) >= 11 is 1.60. The molecule has 1 aromatic heterocycles. The normalized spacial score (nSPS) is 16.2. The average Bonchev–Trinajstić information content (AvgIpc) is 3.07. The number of nitrogens with zero attached hydrogens (tertiary/aromatic N) is 1. The first kappa shape index (κ1) is 20.4. The summed E-state index contributed by atoms with van der Waals surface area (Å²) < 4.78 is 26.2. The zero-order valence-corrected chi connectivity index (χ0v) is 16.2. The second-order valence-corrected chi connectivity index (χ2v) is 7.60. The molecule has 0 radical (unpaired) electrons. The minimum Gasteiger partial charge on any atom is -0.346 e. The third kappa shape index (κ3) is 5.36. The van der Waals surface area contributed by atoms with Gasteiger partial charge in [0.1, 0.15) is 0 Å². The van der Waals surface area contributed by atoms with E-state index in [1.807, 2.05) is 11.4 Å². The van der Waals surface area contributed by atoms with Crippen molar-refractivity contribution in [2.75, 3.05) is 25.0 Å². The smallest absolute Gasteiger partial charge is 0.313 e. The zero-order chi connectivity index (χ0) is 19.9. The van der Waals surface area contributed by atoms with Gasteiger partial charge in [-0.15, -0.1) is 0 Å². The number of likely N-dealkylation sites (tertiary alicyclic amines) is 1. The highest BCUT2D eigenvalue weighted by atomic mass is 32.1. The molecule has 2 aromatic rings. The monoisotopic (exact) mass is 407 g/mol. The molecule has 0 bridgehead atoms. The quantitative estimate of drug-likeness (QED) is 0.743. The van der Waals surface area contributed by atoms with E-state index in [1.165, 1.54) is 18.9 Å². The van der Waals surface area contributed by atoms with Crippen LogP contribution in [-0.4, -0.2) is 36.3 Å². The van der Waals surface area contributed by atoms with E-state index >= 15 is 0 Å². The third-order valence-electron chi connectivity index (χ3n) is 4.85. The Balaban J connectivity index is 1.60. The maximum atomic E-state index is 13.2. The highest BCUT2D eigenvalue weighted by molar-refractivity contribution is 7.08. The molecule has 3 rings (SSSR count). The lowest BCUT2D eigenvalue weighted by Crippen LogP contribution is -2.42. The number of carbonyl (C=O) groups excluding carboxylic acids is 2. The second-order valence-electron chi connectivity index (χ2n) is 6.82. The number of halogens is 2. The molecule has 2 N–H and O–H groups in total. The summed E-state index contributed by atoms with van der Waals surface area (Å²) in [4.78, 5) is 26.7. The van der Waals surface area contributed by atoms with E-state index < -0.39 is 23.4 Å². The average molecular weight is 407 g/mol. The van der Waals surface area contributed by atoms with Gasteiger partial charge in [-0.25, -0.2) is 8.78 Å². The molecule has 28 heavy (non-hydrogen) atoms. The fraction of sp³-hybridized carbons (Fsp3) is 0.400. The van der Waals surface area contributed by atoms with Crippen molar-refractivity contribution in [3.05, 3.63) is 52.2 Å². The SMILES string of the molecule is O=C(NC[C@@H](c1ccsc1)N1CCCCCC1)C(=O)Nc1ccc(F)c(F)c1. The molecule has 2 heterocycles. The number of carbonyl (C=O) groups is 2. The molecular formula is C20H23F2N3O2S. The van der Waals surface area contributed by atoms with Gasteiger partial charge in [0, 0.05) is 18.3 Å². The van der Waals surface area contributed by atoms with Crippen LogP contribution < -0.4 is 10.6 Å². The first-order chi connectivity index (χ1) is 13.5. The largest absolute Gasteiger partial charge is 0.346 e. The van der Waals surface area contributed by atoms with E-state index in [0.717, 1.165) is 43.6 Å². The van der Waals surface area contributed by atoms with E-state index in [-0.39, 0.29) is 11.7 Å². The number of rotatable bonds is 5. The van der Waals surface area contributed by atoms with Crippen molar-refractivity contribution in [1.29, 1.82) is 0 Å². The molecule has 0 unspecified atom stereocenters. The zero-order valence-electron chi connectivity index (χ0n) is 15.4. The summed E-state index contributed by atoms with van der Waals surface area (Å²) in [6, 6.07) is 4.98. The fourth-order valence-corrected chi connectivity index (χ4v) is 4.07. The third-order valence-corrected chi connectivity index (χ3v) is 5.55. The molecule has 1 aliphatic rings. The first-order valence-electron chi connectivity index (χ1n) is 9.35. The number of hydrogen-bond donors (Lipinski definition) is 2. The Labute approximate surface area is 166 Å². The van der Waals surface area contributed by atoms with Gasteiger partial charge in [0.05, 0.1) is 6.04 Å². The molecule has 1 saturated heterocycles. The van der Waals surface area contributed by atoms with Crippen LogP contribution in [-0.2, 0) is 9.59 Å². The van der Waals surface area contributed by atoms with Crippen LogP contribution >= 0.6 is 11.3 Å². The lowest BCUT2D eigenvalue weighted by molar-refractivity contribution is -0.136. The minimum atomic E-state index is -1.09. The molecule has 1 aliphatic heterocycles. The number of hydrogen-bond acceptors (Lipinski definition) is 4. The van der Waals surface area contributed by atoms with Crippen molar-refractivity contribution in [2.24, 2.45) is 0 Å². The van der Waals surface area contributed by atoms with Crippen molar-refractivity contribution < 1.29 is 18.4 Å². The number of nitrogens with one attached hydrogen (secondary N) is 2. The fourth-order valence-electron chi connectivity index (χ4n) is 3.36. The Hall–Kier alpha value is -2.32. The van der Waals surface area contributed by atoms with Crippen LogP contribution in [0, 0.1) is 11.6 Å². The van der Waals surface area contributed by atoms with E-state index in [9.17, 15) is 18.4 Å². The summed E-state index contributed by atoms with van der Waals surface area (Å²) in [7, 11) is 0. The van der Waals surface area contributed by atoms with Crippen molar-refractivity contribution in [3.8, 4) is 0 Å². The summed E-state index contributed by atoms with van der Waals surface area (Å²) in [5.74, 6) is -3.82. The molecule has 1 atom stereocenters. The lowest BCUT2D eigenvalue weighted by atomic mass is 10.1. The first-order valence-corrected chi connectivity index (χ1v) is 10.3. The van der Waals surface area contributed by atoms with Gasteiger partial charge in [0.15, 0.2) is 11.6 Å². The van der Waals surface area contributed by atoms with Gasteiger partial charge in [0.2, 0.25) is 0 Å². The summed E-state index contributed by atoms with van der Waals surface area (Å²) in [5, 5.41) is 9.02. The Morgan fingerprint density at radius 1 is 1.04 bits per heavy atom. The highest BCUT2D eigenvalue weighted by Gasteiger charge is 2.24. The van der Waals surface area contributed by atoms with Gasteiger partial charge in [-0.1, -0.05) is 12.8 Å². The topological polar surface area (TPSA) is 61.4 Å². The predicted octanol–water partition coefficient (Wildman–Crippen LogP) is 3.70. The summed E-state index contributed by atoms with van der Waals surface area (Å²) in [5.41, 5.74) is 1.15.